The van der Waals surface area contributed by atoms with Crippen LogP contribution >= 0.6 is 11.6 Å². The van der Waals surface area contributed by atoms with Crippen LogP contribution in [0.2, 0.25) is 5.02 Å². The summed E-state index contributed by atoms with van der Waals surface area (Å²) in [7, 11) is 1.73. The first kappa shape index (κ1) is 21.5. The number of halogens is 1. The molecule has 0 spiro atoms. The smallest absolute Gasteiger partial charge is 0.140 e. The highest BCUT2D eigenvalue weighted by Gasteiger charge is 2.15. The molecule has 0 bridgehead atoms. The fourth-order valence-electron chi connectivity index (χ4n) is 3.60. The van der Waals surface area contributed by atoms with E-state index in [9.17, 15) is 0 Å². The summed E-state index contributed by atoms with van der Waals surface area (Å²) >= 11 is 6.22. The van der Waals surface area contributed by atoms with Crippen LogP contribution < -0.4 is 4.90 Å². The molecule has 4 nitrogen and oxygen atoms in total. The molecule has 3 rings (SSSR count). The predicted octanol–water partition coefficient (Wildman–Crippen LogP) is 6.16. The molecule has 0 N–H and O–H groups in total. The van der Waals surface area contributed by atoms with Crippen molar-refractivity contribution in [3.8, 4) is 11.1 Å². The molecule has 0 unspecified atom stereocenters. The number of ether oxygens (including phenoxy) is 1. The minimum atomic E-state index is 0.720. The molecule has 0 aliphatic carbocycles. The van der Waals surface area contributed by atoms with E-state index in [1.165, 1.54) is 0 Å². The molecular weight excluding hydrogens is 382 g/mol. The summed E-state index contributed by atoms with van der Waals surface area (Å²) < 4.78 is 5.20. The molecule has 2 aromatic carbocycles. The van der Waals surface area contributed by atoms with Crippen LogP contribution in [0.25, 0.3) is 22.0 Å². The van der Waals surface area contributed by atoms with Gasteiger partial charge in [-0.15, -0.1) is 0 Å². The average Bonchev–Trinajstić information content (AvgIpc) is 2.73. The number of benzene rings is 2. The van der Waals surface area contributed by atoms with Gasteiger partial charge in [-0.05, 0) is 54.7 Å². The van der Waals surface area contributed by atoms with E-state index >= 15 is 0 Å². The number of aromatic nitrogens is 2. The van der Waals surface area contributed by atoms with Crippen molar-refractivity contribution in [1.29, 1.82) is 0 Å². The predicted molar refractivity (Wildman–Crippen MR) is 123 cm³/mol. The Morgan fingerprint density at radius 2 is 1.72 bits per heavy atom. The standard InChI is InChI=1S/C24H30ClN3O/c1-4-13-28(14-5-2)24-21-17-19(18-8-6-9-20(25)16-18)11-12-22(21)26-23(27-24)10-7-15-29-3/h6,8-9,11-12,16-17H,4-5,7,10,13-15H2,1-3H3. The van der Waals surface area contributed by atoms with E-state index in [2.05, 4.69) is 43.0 Å². The molecule has 0 aliphatic rings. The first-order valence-corrected chi connectivity index (χ1v) is 10.8. The monoisotopic (exact) mass is 411 g/mol. The number of rotatable bonds is 10. The largest absolute Gasteiger partial charge is 0.385 e. The Bertz CT molecular complexity index is 939. The second kappa shape index (κ2) is 10.6. The molecule has 1 aromatic heterocycles. The molecule has 3 aromatic rings. The minimum Gasteiger partial charge on any atom is -0.385 e. The second-order valence-corrected chi connectivity index (χ2v) is 7.73. The van der Waals surface area contributed by atoms with Gasteiger partial charge in [0.2, 0.25) is 0 Å². The van der Waals surface area contributed by atoms with Crippen molar-refractivity contribution in [2.24, 2.45) is 0 Å². The zero-order valence-corrected chi connectivity index (χ0v) is 18.4. The molecule has 154 valence electrons. The highest BCUT2D eigenvalue weighted by Crippen LogP contribution is 2.31. The summed E-state index contributed by atoms with van der Waals surface area (Å²) in [5.74, 6) is 1.92. The summed E-state index contributed by atoms with van der Waals surface area (Å²) in [6.45, 7) is 7.11. The van der Waals surface area contributed by atoms with Crippen LogP contribution in [-0.2, 0) is 11.2 Å². The maximum absolute atomic E-state index is 6.22. The van der Waals surface area contributed by atoms with Gasteiger partial charge in [0.15, 0.2) is 0 Å². The van der Waals surface area contributed by atoms with E-state index in [1.54, 1.807) is 7.11 Å². The number of aryl methyl sites for hydroxylation is 1. The molecule has 0 saturated carbocycles. The Balaban J connectivity index is 2.10. The molecule has 0 amide bonds. The first-order valence-electron chi connectivity index (χ1n) is 10.5. The van der Waals surface area contributed by atoms with Gasteiger partial charge < -0.3 is 9.64 Å². The van der Waals surface area contributed by atoms with Crippen molar-refractivity contribution in [2.75, 3.05) is 31.7 Å². The first-order chi connectivity index (χ1) is 14.2. The summed E-state index contributed by atoms with van der Waals surface area (Å²) in [5, 5.41) is 1.84. The van der Waals surface area contributed by atoms with E-state index < -0.39 is 0 Å². The lowest BCUT2D eigenvalue weighted by molar-refractivity contribution is 0.194. The maximum atomic E-state index is 6.22. The molecule has 0 radical (unpaired) electrons. The lowest BCUT2D eigenvalue weighted by Crippen LogP contribution is -2.26. The minimum absolute atomic E-state index is 0.720. The number of anilines is 1. The zero-order valence-electron chi connectivity index (χ0n) is 17.6. The molecule has 5 heteroatoms. The molecule has 1 heterocycles. The van der Waals surface area contributed by atoms with Gasteiger partial charge in [0, 0.05) is 43.6 Å². The third kappa shape index (κ3) is 5.46. The summed E-state index contributed by atoms with van der Waals surface area (Å²) in [5.41, 5.74) is 3.22. The summed E-state index contributed by atoms with van der Waals surface area (Å²) in [4.78, 5) is 12.2. The molecule has 29 heavy (non-hydrogen) atoms. The van der Waals surface area contributed by atoms with Crippen molar-refractivity contribution in [3.63, 3.8) is 0 Å². The molecule has 0 atom stereocenters. The van der Waals surface area contributed by atoms with Gasteiger partial charge in [-0.2, -0.15) is 0 Å². The Morgan fingerprint density at radius 1 is 0.966 bits per heavy atom. The van der Waals surface area contributed by atoms with E-state index in [4.69, 9.17) is 26.3 Å². The molecule has 0 fully saturated rings. The Labute approximate surface area is 178 Å². The fourth-order valence-corrected chi connectivity index (χ4v) is 3.79. The highest BCUT2D eigenvalue weighted by atomic mass is 35.5. The zero-order chi connectivity index (χ0) is 20.6. The fraction of sp³-hybridized carbons (Fsp3) is 0.417. The third-order valence-corrected chi connectivity index (χ3v) is 5.15. The summed E-state index contributed by atoms with van der Waals surface area (Å²) in [6.07, 6.45) is 3.90. The Kier molecular flexibility index (Phi) is 7.84. The van der Waals surface area contributed by atoms with Crippen LogP contribution in [0.1, 0.15) is 38.9 Å². The molecule has 0 aliphatic heterocycles. The van der Waals surface area contributed by atoms with Crippen molar-refractivity contribution >= 4 is 28.3 Å². The van der Waals surface area contributed by atoms with Crippen molar-refractivity contribution < 1.29 is 4.74 Å². The summed E-state index contributed by atoms with van der Waals surface area (Å²) in [6, 6.07) is 14.4. The van der Waals surface area contributed by atoms with Crippen molar-refractivity contribution in [1.82, 2.24) is 9.97 Å². The third-order valence-electron chi connectivity index (χ3n) is 4.92. The van der Waals surface area contributed by atoms with Crippen LogP contribution in [-0.4, -0.2) is 36.8 Å². The quantitative estimate of drug-likeness (QED) is 0.374. The van der Waals surface area contributed by atoms with Crippen LogP contribution in [0.5, 0.6) is 0 Å². The van der Waals surface area contributed by atoms with Crippen LogP contribution in [0.15, 0.2) is 42.5 Å². The van der Waals surface area contributed by atoms with Crippen LogP contribution in [0.4, 0.5) is 5.82 Å². The van der Waals surface area contributed by atoms with E-state index in [1.807, 2.05) is 18.2 Å². The van der Waals surface area contributed by atoms with Gasteiger partial charge >= 0.3 is 0 Å². The van der Waals surface area contributed by atoms with Crippen LogP contribution in [0, 0.1) is 0 Å². The lowest BCUT2D eigenvalue weighted by Gasteiger charge is -2.24. The molecular formula is C24H30ClN3O. The normalized spacial score (nSPS) is 11.2. The van der Waals surface area contributed by atoms with E-state index in [0.29, 0.717) is 0 Å². The Hall–Kier alpha value is -2.17. The Morgan fingerprint density at radius 3 is 2.41 bits per heavy atom. The van der Waals surface area contributed by atoms with Crippen molar-refractivity contribution in [3.05, 3.63) is 53.3 Å². The average molecular weight is 412 g/mol. The van der Waals surface area contributed by atoms with Gasteiger partial charge in [-0.25, -0.2) is 9.97 Å². The van der Waals surface area contributed by atoms with Crippen molar-refractivity contribution in [2.45, 2.75) is 39.5 Å². The lowest BCUT2D eigenvalue weighted by atomic mass is 10.0. The SMILES string of the molecule is CCCN(CCC)c1nc(CCCOC)nc2ccc(-c3cccc(Cl)c3)cc12. The number of hydrogen-bond acceptors (Lipinski definition) is 4. The van der Waals surface area contributed by atoms with Gasteiger partial charge in [-0.3, -0.25) is 0 Å². The second-order valence-electron chi connectivity index (χ2n) is 7.29. The highest BCUT2D eigenvalue weighted by molar-refractivity contribution is 6.30. The topological polar surface area (TPSA) is 38.2 Å². The number of nitrogens with zero attached hydrogens (tertiary/aromatic N) is 3. The van der Waals surface area contributed by atoms with Gasteiger partial charge in [0.05, 0.1) is 5.52 Å². The number of fused-ring (bicyclic) bond motifs is 1. The van der Waals surface area contributed by atoms with Gasteiger partial charge in [0.25, 0.3) is 0 Å². The molecule has 0 saturated heterocycles. The maximum Gasteiger partial charge on any atom is 0.140 e. The van der Waals surface area contributed by atoms with Crippen LogP contribution in [0.3, 0.4) is 0 Å². The van der Waals surface area contributed by atoms with Gasteiger partial charge in [0.1, 0.15) is 11.6 Å². The van der Waals surface area contributed by atoms with E-state index in [0.717, 1.165) is 84.1 Å². The number of methoxy groups -OCH3 is 1. The van der Waals surface area contributed by atoms with E-state index in [-0.39, 0.29) is 0 Å². The number of hydrogen-bond donors (Lipinski definition) is 0. The van der Waals surface area contributed by atoms with Gasteiger partial charge in [-0.1, -0.05) is 43.6 Å².